The number of carbonyl (C=O) groups excluding carboxylic acids is 2. The Morgan fingerprint density at radius 3 is 2.78 bits per heavy atom. The number of nitrogens with zero attached hydrogens (tertiary/aromatic N) is 1. The Kier molecular flexibility index (Phi) is 3.97. The normalized spacial score (nSPS) is 17.4. The lowest BCUT2D eigenvalue weighted by atomic mass is 9.85. The van der Waals surface area contributed by atoms with Crippen LogP contribution in [0.1, 0.15) is 40.9 Å². The second-order valence-electron chi connectivity index (χ2n) is 5.46. The highest BCUT2D eigenvalue weighted by Crippen LogP contribution is 2.38. The quantitative estimate of drug-likeness (QED) is 0.854. The molecule has 1 aromatic heterocycles. The van der Waals surface area contributed by atoms with Gasteiger partial charge < -0.3 is 10.1 Å². The molecular weight excluding hydrogens is 294 g/mol. The molecule has 23 heavy (non-hydrogen) atoms. The molecule has 6 nitrogen and oxygen atoms in total. The van der Waals surface area contributed by atoms with Crippen molar-refractivity contribution in [2.75, 3.05) is 12.4 Å². The summed E-state index contributed by atoms with van der Waals surface area (Å²) in [5, 5.41) is 9.39. The molecule has 0 saturated heterocycles. The maximum Gasteiger partial charge on any atom is 0.356 e. The van der Waals surface area contributed by atoms with E-state index in [1.54, 1.807) is 0 Å². The SMILES string of the molecule is COC(=O)c1[nH]nc2c1[C@H](/C(C)=C/c1ccccc1)CC(=O)N2. The molecule has 1 amide bonds. The summed E-state index contributed by atoms with van der Waals surface area (Å²) in [4.78, 5) is 23.9. The number of esters is 1. The Bertz CT molecular complexity index is 778. The highest BCUT2D eigenvalue weighted by atomic mass is 16.5. The van der Waals surface area contributed by atoms with Crippen LogP contribution in [0, 0.1) is 0 Å². The van der Waals surface area contributed by atoms with Crippen molar-refractivity contribution in [3.8, 4) is 0 Å². The van der Waals surface area contributed by atoms with E-state index in [1.165, 1.54) is 7.11 Å². The summed E-state index contributed by atoms with van der Waals surface area (Å²) in [6.45, 7) is 1.95. The molecule has 2 heterocycles. The van der Waals surface area contributed by atoms with Crippen LogP contribution in [-0.4, -0.2) is 29.2 Å². The maximum atomic E-state index is 11.9. The minimum Gasteiger partial charge on any atom is -0.464 e. The molecule has 6 heteroatoms. The number of methoxy groups -OCH3 is 1. The van der Waals surface area contributed by atoms with Crippen molar-refractivity contribution in [3.05, 3.63) is 52.7 Å². The lowest BCUT2D eigenvalue weighted by Gasteiger charge is -2.23. The second-order valence-corrected chi connectivity index (χ2v) is 5.46. The fourth-order valence-corrected chi connectivity index (χ4v) is 2.81. The highest BCUT2D eigenvalue weighted by Gasteiger charge is 2.33. The monoisotopic (exact) mass is 311 g/mol. The number of aromatic nitrogens is 2. The second kappa shape index (κ2) is 6.08. The molecule has 1 aliphatic rings. The summed E-state index contributed by atoms with van der Waals surface area (Å²) in [6.07, 6.45) is 2.28. The first-order valence-corrected chi connectivity index (χ1v) is 7.30. The van der Waals surface area contributed by atoms with Gasteiger partial charge in [0.05, 0.1) is 7.11 Å². The number of hydrogen-bond donors (Lipinski definition) is 2. The summed E-state index contributed by atoms with van der Waals surface area (Å²) in [7, 11) is 1.32. The molecule has 2 N–H and O–H groups in total. The van der Waals surface area contributed by atoms with Gasteiger partial charge in [-0.2, -0.15) is 5.10 Å². The molecule has 1 aromatic carbocycles. The first kappa shape index (κ1) is 15.0. The zero-order valence-electron chi connectivity index (χ0n) is 12.9. The van der Waals surface area contributed by atoms with E-state index < -0.39 is 5.97 Å². The number of carbonyl (C=O) groups is 2. The first-order chi connectivity index (χ1) is 11.1. The van der Waals surface area contributed by atoms with Crippen molar-refractivity contribution in [1.82, 2.24) is 10.2 Å². The average molecular weight is 311 g/mol. The number of rotatable bonds is 3. The summed E-state index contributed by atoms with van der Waals surface area (Å²) in [6, 6.07) is 9.84. The van der Waals surface area contributed by atoms with Gasteiger partial charge >= 0.3 is 5.97 Å². The van der Waals surface area contributed by atoms with E-state index in [1.807, 2.05) is 43.3 Å². The average Bonchev–Trinajstić information content (AvgIpc) is 2.97. The number of allylic oxidation sites excluding steroid dienone is 1. The van der Waals surface area contributed by atoms with Gasteiger partial charge in [-0.05, 0) is 12.5 Å². The Morgan fingerprint density at radius 2 is 2.09 bits per heavy atom. The Hall–Kier alpha value is -2.89. The van der Waals surface area contributed by atoms with Gasteiger partial charge in [0.25, 0.3) is 0 Å². The first-order valence-electron chi connectivity index (χ1n) is 7.30. The Balaban J connectivity index is 2.04. The summed E-state index contributed by atoms with van der Waals surface area (Å²) < 4.78 is 4.79. The van der Waals surface area contributed by atoms with Crippen molar-refractivity contribution in [1.29, 1.82) is 0 Å². The fraction of sp³-hybridized carbons (Fsp3) is 0.235. The third kappa shape index (κ3) is 2.88. The lowest BCUT2D eigenvalue weighted by Crippen LogP contribution is -2.24. The van der Waals surface area contributed by atoms with Crippen LogP contribution in [0.25, 0.3) is 6.08 Å². The van der Waals surface area contributed by atoms with Gasteiger partial charge in [-0.15, -0.1) is 0 Å². The number of H-pyrrole nitrogens is 1. The third-order valence-electron chi connectivity index (χ3n) is 3.93. The molecule has 3 rings (SSSR count). The van der Waals surface area contributed by atoms with E-state index in [4.69, 9.17) is 4.74 Å². The summed E-state index contributed by atoms with van der Waals surface area (Å²) >= 11 is 0. The van der Waals surface area contributed by atoms with Crippen LogP contribution in [0.4, 0.5) is 5.82 Å². The molecule has 0 radical (unpaired) electrons. The predicted octanol–water partition coefficient (Wildman–Crippen LogP) is 2.73. The van der Waals surface area contributed by atoms with Crippen LogP contribution in [0.2, 0.25) is 0 Å². The van der Waals surface area contributed by atoms with E-state index in [0.717, 1.165) is 11.1 Å². The highest BCUT2D eigenvalue weighted by molar-refractivity contribution is 5.99. The van der Waals surface area contributed by atoms with E-state index in [2.05, 4.69) is 15.5 Å². The van der Waals surface area contributed by atoms with E-state index in [0.29, 0.717) is 11.4 Å². The summed E-state index contributed by atoms with van der Waals surface area (Å²) in [5.41, 5.74) is 2.99. The van der Waals surface area contributed by atoms with Gasteiger partial charge in [-0.3, -0.25) is 9.89 Å². The molecule has 0 unspecified atom stereocenters. The van der Waals surface area contributed by atoms with E-state index in [-0.39, 0.29) is 23.9 Å². The number of amides is 1. The number of hydrogen-bond acceptors (Lipinski definition) is 4. The summed E-state index contributed by atoms with van der Waals surface area (Å²) in [5.74, 6) is -0.432. The number of aromatic amines is 1. The van der Waals surface area contributed by atoms with Crippen LogP contribution in [0.15, 0.2) is 35.9 Å². The number of benzene rings is 1. The van der Waals surface area contributed by atoms with Crippen LogP contribution in [-0.2, 0) is 9.53 Å². The van der Waals surface area contributed by atoms with Crippen molar-refractivity contribution < 1.29 is 14.3 Å². The molecule has 0 spiro atoms. The Morgan fingerprint density at radius 1 is 1.35 bits per heavy atom. The molecule has 1 atom stereocenters. The van der Waals surface area contributed by atoms with Crippen LogP contribution in [0.3, 0.4) is 0 Å². The zero-order valence-corrected chi connectivity index (χ0v) is 12.9. The molecule has 0 saturated carbocycles. The van der Waals surface area contributed by atoms with Crippen molar-refractivity contribution >= 4 is 23.8 Å². The maximum absolute atomic E-state index is 11.9. The number of fused-ring (bicyclic) bond motifs is 1. The molecule has 0 aliphatic carbocycles. The third-order valence-corrected chi connectivity index (χ3v) is 3.93. The molecule has 2 aromatic rings. The lowest BCUT2D eigenvalue weighted by molar-refractivity contribution is -0.116. The molecule has 118 valence electrons. The van der Waals surface area contributed by atoms with E-state index in [9.17, 15) is 9.59 Å². The number of nitrogens with one attached hydrogen (secondary N) is 2. The van der Waals surface area contributed by atoms with Gasteiger partial charge in [0.2, 0.25) is 5.91 Å². The fourth-order valence-electron chi connectivity index (χ4n) is 2.81. The van der Waals surface area contributed by atoms with Crippen molar-refractivity contribution in [2.45, 2.75) is 19.3 Å². The smallest absolute Gasteiger partial charge is 0.356 e. The number of ether oxygens (including phenoxy) is 1. The minimum absolute atomic E-state index is 0.119. The van der Waals surface area contributed by atoms with Crippen LogP contribution >= 0.6 is 0 Å². The molecule has 1 aliphatic heterocycles. The number of anilines is 1. The van der Waals surface area contributed by atoms with Crippen LogP contribution in [0.5, 0.6) is 0 Å². The minimum atomic E-state index is -0.493. The Labute approximate surface area is 133 Å². The van der Waals surface area contributed by atoms with Crippen molar-refractivity contribution in [2.24, 2.45) is 0 Å². The standard InChI is InChI=1S/C17H17N3O3/c1-10(8-11-6-4-3-5-7-11)12-9-13(21)18-16-14(12)15(19-20-16)17(22)23-2/h3-8,12H,9H2,1-2H3,(H2,18,19,20,21)/b10-8+/t12-/m0/s1. The topological polar surface area (TPSA) is 84.1 Å². The van der Waals surface area contributed by atoms with Gasteiger partial charge in [-0.1, -0.05) is 42.0 Å². The zero-order chi connectivity index (χ0) is 16.4. The van der Waals surface area contributed by atoms with E-state index >= 15 is 0 Å². The van der Waals surface area contributed by atoms with Crippen molar-refractivity contribution in [3.63, 3.8) is 0 Å². The molecule has 0 fully saturated rings. The van der Waals surface area contributed by atoms with Gasteiger partial charge in [-0.25, -0.2) is 4.79 Å². The van der Waals surface area contributed by atoms with Gasteiger partial charge in [0, 0.05) is 17.9 Å². The molecule has 0 bridgehead atoms. The molecular formula is C17H17N3O3. The van der Waals surface area contributed by atoms with Gasteiger partial charge in [0.1, 0.15) is 5.69 Å². The predicted molar refractivity (Wildman–Crippen MR) is 86.0 cm³/mol. The van der Waals surface area contributed by atoms with Crippen LogP contribution < -0.4 is 5.32 Å². The largest absolute Gasteiger partial charge is 0.464 e. The van der Waals surface area contributed by atoms with Gasteiger partial charge in [0.15, 0.2) is 5.82 Å².